The minimum absolute atomic E-state index is 0.0173. The standard InChI is InChI=1S/C18H11NO4S/c20-14-10-24-18(22)19(14)15-16(21)12-8-4-5-9-13(12)23-17(15)11-6-2-1-3-7-11/h1-10,20H. The molecule has 0 aliphatic heterocycles. The van der Waals surface area contributed by atoms with Gasteiger partial charge in [0.25, 0.3) is 0 Å². The largest absolute Gasteiger partial charge is 0.494 e. The summed E-state index contributed by atoms with van der Waals surface area (Å²) in [7, 11) is 0. The molecule has 0 amide bonds. The van der Waals surface area contributed by atoms with E-state index in [4.69, 9.17) is 4.42 Å². The maximum atomic E-state index is 13.0. The van der Waals surface area contributed by atoms with Crippen molar-refractivity contribution in [3.05, 3.63) is 79.9 Å². The van der Waals surface area contributed by atoms with Gasteiger partial charge in [0.15, 0.2) is 5.76 Å². The van der Waals surface area contributed by atoms with Crippen molar-refractivity contribution in [2.45, 2.75) is 0 Å². The van der Waals surface area contributed by atoms with E-state index in [9.17, 15) is 14.7 Å². The van der Waals surface area contributed by atoms with Gasteiger partial charge in [-0.15, -0.1) is 0 Å². The van der Waals surface area contributed by atoms with Crippen LogP contribution in [0.3, 0.4) is 0 Å². The van der Waals surface area contributed by atoms with Crippen molar-refractivity contribution in [2.24, 2.45) is 0 Å². The van der Waals surface area contributed by atoms with Crippen LogP contribution in [0.1, 0.15) is 0 Å². The highest BCUT2D eigenvalue weighted by molar-refractivity contribution is 7.07. The Morgan fingerprint density at radius 2 is 1.67 bits per heavy atom. The third-order valence-corrected chi connectivity index (χ3v) is 4.42. The lowest BCUT2D eigenvalue weighted by Gasteiger charge is -2.11. The Hall–Kier alpha value is -3.12. The number of hydrogen-bond donors (Lipinski definition) is 1. The number of para-hydroxylation sites is 1. The molecule has 2 heterocycles. The lowest BCUT2D eigenvalue weighted by molar-refractivity contribution is 0.439. The second-order valence-corrected chi connectivity index (χ2v) is 5.99. The van der Waals surface area contributed by atoms with Gasteiger partial charge < -0.3 is 9.52 Å². The first-order chi connectivity index (χ1) is 11.7. The van der Waals surface area contributed by atoms with Crippen LogP contribution in [-0.2, 0) is 0 Å². The molecular weight excluding hydrogens is 326 g/mol. The predicted molar refractivity (Wildman–Crippen MR) is 93.1 cm³/mol. The van der Waals surface area contributed by atoms with E-state index >= 15 is 0 Å². The zero-order valence-electron chi connectivity index (χ0n) is 12.3. The Bertz CT molecular complexity index is 1160. The van der Waals surface area contributed by atoms with Gasteiger partial charge in [-0.3, -0.25) is 9.59 Å². The number of thiazole rings is 1. The topological polar surface area (TPSA) is 72.4 Å². The number of nitrogens with zero attached hydrogens (tertiary/aromatic N) is 1. The van der Waals surface area contributed by atoms with E-state index in [0.29, 0.717) is 16.5 Å². The molecule has 0 saturated carbocycles. The van der Waals surface area contributed by atoms with E-state index in [1.165, 1.54) is 5.38 Å². The number of aromatic nitrogens is 1. The maximum absolute atomic E-state index is 13.0. The first kappa shape index (κ1) is 14.5. The molecule has 0 aliphatic carbocycles. The quantitative estimate of drug-likeness (QED) is 0.609. The van der Waals surface area contributed by atoms with Crippen LogP contribution in [0, 0.1) is 0 Å². The molecule has 118 valence electrons. The number of hydrogen-bond acceptors (Lipinski definition) is 5. The molecule has 0 saturated heterocycles. The maximum Gasteiger partial charge on any atom is 0.314 e. The van der Waals surface area contributed by atoms with Crippen molar-refractivity contribution >= 4 is 22.3 Å². The van der Waals surface area contributed by atoms with Gasteiger partial charge in [-0.05, 0) is 12.1 Å². The van der Waals surface area contributed by atoms with Crippen LogP contribution >= 0.6 is 11.3 Å². The molecule has 0 bridgehead atoms. The first-order valence-electron chi connectivity index (χ1n) is 7.18. The number of fused-ring (bicyclic) bond motifs is 1. The molecule has 24 heavy (non-hydrogen) atoms. The fourth-order valence-electron chi connectivity index (χ4n) is 2.63. The highest BCUT2D eigenvalue weighted by atomic mass is 32.1. The van der Waals surface area contributed by atoms with Gasteiger partial charge in [-0.2, -0.15) is 0 Å². The normalized spacial score (nSPS) is 11.0. The molecule has 1 N–H and O–H groups in total. The van der Waals surface area contributed by atoms with Crippen LogP contribution < -0.4 is 10.3 Å². The predicted octanol–water partition coefficient (Wildman–Crippen LogP) is 3.38. The molecule has 0 radical (unpaired) electrons. The van der Waals surface area contributed by atoms with E-state index in [1.807, 2.05) is 18.2 Å². The smallest absolute Gasteiger partial charge is 0.314 e. The monoisotopic (exact) mass is 337 g/mol. The Balaban J connectivity index is 2.20. The Kier molecular flexibility index (Phi) is 3.32. The molecule has 0 fully saturated rings. The average molecular weight is 337 g/mol. The van der Waals surface area contributed by atoms with E-state index in [-0.39, 0.29) is 22.8 Å². The van der Waals surface area contributed by atoms with Gasteiger partial charge in [0.05, 0.1) is 10.8 Å². The van der Waals surface area contributed by atoms with E-state index in [2.05, 4.69) is 0 Å². The molecule has 2 aromatic carbocycles. The van der Waals surface area contributed by atoms with Crippen molar-refractivity contribution < 1.29 is 9.52 Å². The molecule has 2 aromatic heterocycles. The minimum atomic E-state index is -0.452. The van der Waals surface area contributed by atoms with Gasteiger partial charge in [0.1, 0.15) is 11.3 Å². The second-order valence-electron chi connectivity index (χ2n) is 5.17. The third kappa shape index (κ3) is 2.16. The summed E-state index contributed by atoms with van der Waals surface area (Å²) in [6.45, 7) is 0. The summed E-state index contributed by atoms with van der Waals surface area (Å²) in [5, 5.41) is 11.7. The summed E-state index contributed by atoms with van der Waals surface area (Å²) in [5.74, 6) is -0.0418. The van der Waals surface area contributed by atoms with Gasteiger partial charge in [-0.1, -0.05) is 53.8 Å². The highest BCUT2D eigenvalue weighted by Gasteiger charge is 2.21. The van der Waals surface area contributed by atoms with E-state index in [1.54, 1.807) is 36.4 Å². The molecule has 4 rings (SSSR count). The van der Waals surface area contributed by atoms with Crippen molar-refractivity contribution in [3.63, 3.8) is 0 Å². The van der Waals surface area contributed by atoms with Gasteiger partial charge in [0.2, 0.25) is 11.3 Å². The summed E-state index contributed by atoms with van der Waals surface area (Å²) >= 11 is 0.821. The van der Waals surface area contributed by atoms with Gasteiger partial charge in [0, 0.05) is 5.56 Å². The lowest BCUT2D eigenvalue weighted by Crippen LogP contribution is -2.20. The number of rotatable bonds is 2. The summed E-state index contributed by atoms with van der Waals surface area (Å²) in [5.41, 5.74) is 0.718. The molecule has 4 aromatic rings. The van der Waals surface area contributed by atoms with E-state index in [0.717, 1.165) is 15.9 Å². The molecule has 6 heteroatoms. The fraction of sp³-hybridized carbons (Fsp3) is 0. The van der Waals surface area contributed by atoms with Crippen LogP contribution in [0.25, 0.3) is 28.0 Å². The average Bonchev–Trinajstić information content (AvgIpc) is 2.94. The van der Waals surface area contributed by atoms with Crippen LogP contribution in [0.2, 0.25) is 0 Å². The highest BCUT2D eigenvalue weighted by Crippen LogP contribution is 2.29. The van der Waals surface area contributed by atoms with Gasteiger partial charge >= 0.3 is 4.87 Å². The molecular formula is C18H11NO4S. The van der Waals surface area contributed by atoms with Crippen molar-refractivity contribution in [3.8, 4) is 22.9 Å². The summed E-state index contributed by atoms with van der Waals surface area (Å²) in [6, 6.07) is 15.9. The molecule has 0 aliphatic rings. The summed E-state index contributed by atoms with van der Waals surface area (Å²) < 4.78 is 6.92. The lowest BCUT2D eigenvalue weighted by atomic mass is 10.1. The second kappa shape index (κ2) is 5.50. The Morgan fingerprint density at radius 3 is 2.38 bits per heavy atom. The van der Waals surface area contributed by atoms with E-state index < -0.39 is 4.87 Å². The Morgan fingerprint density at radius 1 is 0.958 bits per heavy atom. The van der Waals surface area contributed by atoms with Crippen molar-refractivity contribution in [1.29, 1.82) is 0 Å². The molecule has 5 nitrogen and oxygen atoms in total. The van der Waals surface area contributed by atoms with Crippen LogP contribution in [0.5, 0.6) is 5.88 Å². The Labute approximate surface area is 139 Å². The zero-order chi connectivity index (χ0) is 16.7. The van der Waals surface area contributed by atoms with Crippen molar-refractivity contribution in [1.82, 2.24) is 4.57 Å². The summed E-state index contributed by atoms with van der Waals surface area (Å²) in [6.07, 6.45) is 0. The number of aromatic hydroxyl groups is 1. The molecule has 0 atom stereocenters. The first-order valence-corrected chi connectivity index (χ1v) is 8.06. The fourth-order valence-corrected chi connectivity index (χ4v) is 3.23. The SMILES string of the molecule is O=c1c(-n2c(O)csc2=O)c(-c2ccccc2)oc2ccccc12. The molecule has 0 spiro atoms. The van der Waals surface area contributed by atoms with Gasteiger partial charge in [-0.25, -0.2) is 4.57 Å². The zero-order valence-corrected chi connectivity index (χ0v) is 13.1. The van der Waals surface area contributed by atoms with Crippen LogP contribution in [0.4, 0.5) is 0 Å². The summed E-state index contributed by atoms with van der Waals surface area (Å²) in [4.78, 5) is 24.7. The van der Waals surface area contributed by atoms with Crippen LogP contribution in [0.15, 0.2) is 74.0 Å². The minimum Gasteiger partial charge on any atom is -0.494 e. The third-order valence-electron chi connectivity index (χ3n) is 3.71. The number of benzene rings is 2. The van der Waals surface area contributed by atoms with Crippen molar-refractivity contribution in [2.75, 3.05) is 0 Å². The van der Waals surface area contributed by atoms with Crippen LogP contribution in [-0.4, -0.2) is 9.67 Å². The molecule has 0 unspecified atom stereocenters.